The van der Waals surface area contributed by atoms with Gasteiger partial charge in [0.1, 0.15) is 12.0 Å². The molecule has 4 rings (SSSR count). The molecule has 2 aliphatic heterocycles. The summed E-state index contributed by atoms with van der Waals surface area (Å²) in [4.78, 5) is 1.96. The fourth-order valence-electron chi connectivity index (χ4n) is 3.84. The number of piperidine rings is 1. The smallest absolute Gasteiger partial charge is 0.154 e. The van der Waals surface area contributed by atoms with Gasteiger partial charge in [-0.1, -0.05) is 11.6 Å². The Kier molecular flexibility index (Phi) is 5.25. The molecule has 0 saturated carbocycles. The van der Waals surface area contributed by atoms with Crippen LogP contribution in [0.4, 0.5) is 14.6 Å². The third kappa shape index (κ3) is 3.90. The highest BCUT2D eigenvalue weighted by molar-refractivity contribution is 6.30. The molecule has 0 bridgehead atoms. The predicted octanol–water partition coefficient (Wildman–Crippen LogP) is 3.46. The molecule has 1 aromatic heterocycles. The molecule has 144 valence electrons. The maximum atomic E-state index is 14.4. The Balaban J connectivity index is 1.69. The topological polar surface area (TPSA) is 50.3 Å². The number of aromatic nitrogens is 2. The maximum absolute atomic E-state index is 14.4. The van der Waals surface area contributed by atoms with Crippen LogP contribution < -0.4 is 5.32 Å². The van der Waals surface area contributed by atoms with Crippen molar-refractivity contribution in [3.05, 3.63) is 40.2 Å². The van der Waals surface area contributed by atoms with E-state index in [0.29, 0.717) is 54.7 Å². The predicted molar refractivity (Wildman–Crippen MR) is 100 cm³/mol. The van der Waals surface area contributed by atoms with Gasteiger partial charge in [-0.2, -0.15) is 0 Å². The van der Waals surface area contributed by atoms with Crippen LogP contribution in [0.3, 0.4) is 0 Å². The van der Waals surface area contributed by atoms with E-state index < -0.39 is 12.0 Å². The first-order valence-corrected chi connectivity index (χ1v) is 9.40. The molecule has 0 aliphatic carbocycles. The quantitative estimate of drug-likeness (QED) is 0.864. The van der Waals surface area contributed by atoms with Crippen molar-refractivity contribution in [1.29, 1.82) is 0 Å². The third-order valence-corrected chi connectivity index (χ3v) is 5.27. The lowest BCUT2D eigenvalue weighted by Crippen LogP contribution is -2.45. The molecule has 2 atom stereocenters. The summed E-state index contributed by atoms with van der Waals surface area (Å²) in [6.07, 6.45) is 0.173. The van der Waals surface area contributed by atoms with E-state index in [1.165, 1.54) is 6.07 Å². The van der Waals surface area contributed by atoms with Gasteiger partial charge in [-0.3, -0.25) is 0 Å². The van der Waals surface area contributed by atoms with Crippen molar-refractivity contribution in [2.24, 2.45) is 0 Å². The van der Waals surface area contributed by atoms with Crippen molar-refractivity contribution in [2.75, 3.05) is 32.1 Å². The van der Waals surface area contributed by atoms with E-state index >= 15 is 0 Å². The summed E-state index contributed by atoms with van der Waals surface area (Å²) in [5.74, 6) is 0.163. The SMILES string of the molecule is CN1C[C@H](F)C[C@@H](Nc2nnc(-c3ccc(Cl)cc3F)c3c2COCC3)C1. The molecule has 2 aliphatic rings. The lowest BCUT2D eigenvalue weighted by Gasteiger charge is -2.33. The molecule has 0 amide bonds. The number of nitrogens with zero attached hydrogens (tertiary/aromatic N) is 3. The second-order valence-corrected chi connectivity index (χ2v) is 7.61. The fourth-order valence-corrected chi connectivity index (χ4v) is 4.00. The van der Waals surface area contributed by atoms with Crippen LogP contribution in [0, 0.1) is 5.82 Å². The molecular formula is C19H21ClF2N4O. The van der Waals surface area contributed by atoms with Crippen LogP contribution >= 0.6 is 11.6 Å². The van der Waals surface area contributed by atoms with Crippen molar-refractivity contribution in [2.45, 2.75) is 31.7 Å². The minimum Gasteiger partial charge on any atom is -0.376 e. The van der Waals surface area contributed by atoms with Crippen LogP contribution in [0.25, 0.3) is 11.3 Å². The summed E-state index contributed by atoms with van der Waals surface area (Å²) in [5, 5.41) is 12.2. The molecule has 2 aromatic rings. The van der Waals surface area contributed by atoms with Gasteiger partial charge in [0.05, 0.1) is 18.9 Å². The summed E-state index contributed by atoms with van der Waals surface area (Å²) < 4.78 is 33.9. The van der Waals surface area contributed by atoms with Crippen LogP contribution in [0.2, 0.25) is 5.02 Å². The van der Waals surface area contributed by atoms with E-state index in [4.69, 9.17) is 16.3 Å². The molecule has 1 N–H and O–H groups in total. The first kappa shape index (κ1) is 18.5. The summed E-state index contributed by atoms with van der Waals surface area (Å²) in [7, 11) is 1.90. The van der Waals surface area contributed by atoms with E-state index in [2.05, 4.69) is 15.5 Å². The molecule has 0 radical (unpaired) electrons. The Hall–Kier alpha value is -1.83. The van der Waals surface area contributed by atoms with Crippen LogP contribution in [0.1, 0.15) is 17.5 Å². The molecule has 1 saturated heterocycles. The Morgan fingerprint density at radius 1 is 1.26 bits per heavy atom. The van der Waals surface area contributed by atoms with E-state index in [1.807, 2.05) is 11.9 Å². The number of rotatable bonds is 3. The van der Waals surface area contributed by atoms with Gasteiger partial charge in [-0.05, 0) is 37.2 Å². The molecule has 27 heavy (non-hydrogen) atoms. The Bertz CT molecular complexity index is 841. The standard InChI is InChI=1S/C19H21ClF2N4O/c1-26-8-12(21)7-13(9-26)23-19-16-10-27-5-4-14(16)18(24-25-19)15-3-2-11(20)6-17(15)22/h2-3,6,12-13H,4-5,7-10H2,1H3,(H,23,25)/t12-,13-/m1/s1. The maximum Gasteiger partial charge on any atom is 0.154 e. The van der Waals surface area contributed by atoms with Crippen molar-refractivity contribution in [3.63, 3.8) is 0 Å². The van der Waals surface area contributed by atoms with E-state index in [9.17, 15) is 8.78 Å². The second kappa shape index (κ2) is 7.66. The van der Waals surface area contributed by atoms with Gasteiger partial charge in [0.25, 0.3) is 0 Å². The normalized spacial score (nSPS) is 23.1. The average Bonchev–Trinajstić information content (AvgIpc) is 2.62. The highest BCUT2D eigenvalue weighted by atomic mass is 35.5. The lowest BCUT2D eigenvalue weighted by atomic mass is 9.97. The van der Waals surface area contributed by atoms with Crippen molar-refractivity contribution in [3.8, 4) is 11.3 Å². The summed E-state index contributed by atoms with van der Waals surface area (Å²) in [6, 6.07) is 4.47. The molecule has 1 aromatic carbocycles. The van der Waals surface area contributed by atoms with E-state index in [-0.39, 0.29) is 6.04 Å². The summed E-state index contributed by atoms with van der Waals surface area (Å²) >= 11 is 5.86. The number of hydrogen-bond acceptors (Lipinski definition) is 5. The van der Waals surface area contributed by atoms with Crippen LogP contribution in [-0.2, 0) is 17.8 Å². The zero-order valence-corrected chi connectivity index (χ0v) is 15.8. The monoisotopic (exact) mass is 394 g/mol. The zero-order chi connectivity index (χ0) is 19.0. The lowest BCUT2D eigenvalue weighted by molar-refractivity contribution is 0.110. The average molecular weight is 395 g/mol. The largest absolute Gasteiger partial charge is 0.376 e. The van der Waals surface area contributed by atoms with Crippen LogP contribution in [0.5, 0.6) is 0 Å². The number of alkyl halides is 1. The van der Waals surface area contributed by atoms with Gasteiger partial charge in [-0.25, -0.2) is 8.78 Å². The first-order valence-electron chi connectivity index (χ1n) is 9.02. The van der Waals surface area contributed by atoms with Gasteiger partial charge in [0.15, 0.2) is 5.82 Å². The van der Waals surface area contributed by atoms with Crippen LogP contribution in [0.15, 0.2) is 18.2 Å². The number of nitrogens with one attached hydrogen (secondary N) is 1. The van der Waals surface area contributed by atoms with Gasteiger partial charge in [0.2, 0.25) is 0 Å². The minimum atomic E-state index is -0.872. The van der Waals surface area contributed by atoms with Gasteiger partial charge in [0, 0.05) is 41.7 Å². The van der Waals surface area contributed by atoms with E-state index in [0.717, 1.165) is 17.7 Å². The van der Waals surface area contributed by atoms with Crippen molar-refractivity contribution >= 4 is 17.4 Å². The number of fused-ring (bicyclic) bond motifs is 1. The fraction of sp³-hybridized carbons (Fsp3) is 0.474. The highest BCUT2D eigenvalue weighted by Crippen LogP contribution is 2.33. The molecule has 8 heteroatoms. The number of likely N-dealkylation sites (tertiary alicyclic amines) is 1. The number of ether oxygens (including phenoxy) is 1. The molecule has 5 nitrogen and oxygen atoms in total. The van der Waals surface area contributed by atoms with Gasteiger partial charge in [-0.15, -0.1) is 10.2 Å². The zero-order valence-electron chi connectivity index (χ0n) is 15.0. The molecular weight excluding hydrogens is 374 g/mol. The summed E-state index contributed by atoms with van der Waals surface area (Å²) in [5.41, 5.74) is 2.67. The van der Waals surface area contributed by atoms with Crippen molar-refractivity contribution in [1.82, 2.24) is 15.1 Å². The van der Waals surface area contributed by atoms with Crippen LogP contribution in [-0.4, -0.2) is 54.1 Å². The third-order valence-electron chi connectivity index (χ3n) is 5.04. The molecule has 1 fully saturated rings. The Morgan fingerprint density at radius 3 is 2.89 bits per heavy atom. The second-order valence-electron chi connectivity index (χ2n) is 7.18. The molecule has 0 unspecified atom stereocenters. The molecule has 0 spiro atoms. The number of halogens is 3. The first-order chi connectivity index (χ1) is 13.0. The Morgan fingerprint density at radius 2 is 2.11 bits per heavy atom. The van der Waals surface area contributed by atoms with Gasteiger partial charge < -0.3 is 15.0 Å². The molecule has 3 heterocycles. The number of benzene rings is 1. The van der Waals surface area contributed by atoms with Gasteiger partial charge >= 0.3 is 0 Å². The number of likely N-dealkylation sites (N-methyl/N-ethyl adjacent to an activating group) is 1. The number of hydrogen-bond donors (Lipinski definition) is 1. The minimum absolute atomic E-state index is 0.0582. The summed E-state index contributed by atoms with van der Waals surface area (Å²) in [6.45, 7) is 2.08. The Labute approximate surface area is 161 Å². The van der Waals surface area contributed by atoms with E-state index in [1.54, 1.807) is 12.1 Å². The van der Waals surface area contributed by atoms with Crippen molar-refractivity contribution < 1.29 is 13.5 Å². The number of anilines is 1. The highest BCUT2D eigenvalue weighted by Gasteiger charge is 2.28.